The monoisotopic (exact) mass is 389 g/mol. The lowest BCUT2D eigenvalue weighted by molar-refractivity contribution is 0.409. The van der Waals surface area contributed by atoms with Crippen molar-refractivity contribution in [1.82, 2.24) is 25.2 Å². The molecule has 0 saturated carbocycles. The number of nitrogens with one attached hydrogen (secondary N) is 1. The maximum atomic E-state index is 6.24. The Labute approximate surface area is 165 Å². The van der Waals surface area contributed by atoms with E-state index in [-0.39, 0.29) is 0 Å². The van der Waals surface area contributed by atoms with Crippen LogP contribution in [0.4, 0.5) is 0 Å². The second kappa shape index (κ2) is 6.65. The molecule has 0 fully saturated rings. The van der Waals surface area contributed by atoms with Crippen LogP contribution in [0.2, 0.25) is 5.02 Å². The van der Waals surface area contributed by atoms with Gasteiger partial charge in [-0.3, -0.25) is 0 Å². The molecule has 0 radical (unpaired) electrons. The van der Waals surface area contributed by atoms with E-state index in [0.29, 0.717) is 17.4 Å². The van der Waals surface area contributed by atoms with Crippen LogP contribution in [0.5, 0.6) is 5.75 Å². The Hall–Kier alpha value is -3.38. The fourth-order valence-corrected chi connectivity index (χ4v) is 3.88. The van der Waals surface area contributed by atoms with Gasteiger partial charge in [-0.2, -0.15) is 5.21 Å². The van der Waals surface area contributed by atoms with E-state index in [1.54, 1.807) is 7.11 Å². The van der Waals surface area contributed by atoms with Crippen LogP contribution in [0, 0.1) is 0 Å². The van der Waals surface area contributed by atoms with Gasteiger partial charge in [0, 0.05) is 38.0 Å². The van der Waals surface area contributed by atoms with Crippen molar-refractivity contribution in [3.05, 3.63) is 71.2 Å². The predicted octanol–water partition coefficient (Wildman–Crippen LogP) is 4.68. The molecule has 7 heteroatoms. The van der Waals surface area contributed by atoms with Crippen LogP contribution in [-0.4, -0.2) is 32.3 Å². The summed E-state index contributed by atoms with van der Waals surface area (Å²) in [6, 6.07) is 20.3. The third kappa shape index (κ3) is 2.70. The smallest absolute Gasteiger partial charge is 0.204 e. The van der Waals surface area contributed by atoms with Gasteiger partial charge in [-0.05, 0) is 47.7 Å². The molecule has 5 rings (SSSR count). The van der Waals surface area contributed by atoms with Crippen LogP contribution < -0.4 is 4.74 Å². The number of para-hydroxylation sites is 1. The molecule has 0 bridgehead atoms. The lowest BCUT2D eigenvalue weighted by Gasteiger charge is -2.12. The molecule has 0 unspecified atom stereocenters. The third-order valence-electron chi connectivity index (χ3n) is 4.95. The minimum Gasteiger partial charge on any atom is -0.496 e. The quantitative estimate of drug-likeness (QED) is 0.484. The number of methoxy groups -OCH3 is 1. The molecule has 0 atom stereocenters. The Morgan fingerprint density at radius 2 is 1.86 bits per heavy atom. The number of halogens is 1. The summed E-state index contributed by atoms with van der Waals surface area (Å²) in [5, 5.41) is 17.4. The number of aromatic amines is 1. The molecule has 2 heterocycles. The minimum absolute atomic E-state index is 0.579. The molecule has 1 N–H and O–H groups in total. The molecule has 0 amide bonds. The SMILES string of the molecule is COc1ccc(Cl)cc1Cn1c2ccccc2c2cc(-c3nn[nH]n3)ccc21. The Balaban J connectivity index is 1.73. The van der Waals surface area contributed by atoms with Crippen molar-refractivity contribution in [1.29, 1.82) is 0 Å². The van der Waals surface area contributed by atoms with Gasteiger partial charge in [0.1, 0.15) is 5.75 Å². The van der Waals surface area contributed by atoms with Crippen molar-refractivity contribution in [2.45, 2.75) is 6.54 Å². The zero-order valence-electron chi connectivity index (χ0n) is 15.1. The third-order valence-corrected chi connectivity index (χ3v) is 5.18. The van der Waals surface area contributed by atoms with Crippen LogP contribution in [0.3, 0.4) is 0 Å². The van der Waals surface area contributed by atoms with Gasteiger partial charge in [-0.15, -0.1) is 10.2 Å². The fraction of sp³-hybridized carbons (Fsp3) is 0.0952. The number of fused-ring (bicyclic) bond motifs is 3. The van der Waals surface area contributed by atoms with Gasteiger partial charge in [0.25, 0.3) is 0 Å². The summed E-state index contributed by atoms with van der Waals surface area (Å²) in [7, 11) is 1.68. The summed E-state index contributed by atoms with van der Waals surface area (Å²) in [4.78, 5) is 0. The molecule has 138 valence electrons. The highest BCUT2D eigenvalue weighted by molar-refractivity contribution is 6.30. The van der Waals surface area contributed by atoms with Crippen LogP contribution in [0.15, 0.2) is 60.7 Å². The summed E-state index contributed by atoms with van der Waals surface area (Å²) in [5.41, 5.74) is 4.21. The van der Waals surface area contributed by atoms with Gasteiger partial charge in [0.15, 0.2) is 0 Å². The first-order valence-corrected chi connectivity index (χ1v) is 9.19. The molecule has 6 nitrogen and oxygen atoms in total. The number of aromatic nitrogens is 5. The normalized spacial score (nSPS) is 11.4. The van der Waals surface area contributed by atoms with Gasteiger partial charge < -0.3 is 9.30 Å². The molecular weight excluding hydrogens is 374 g/mol. The molecular formula is C21H16ClN5O. The van der Waals surface area contributed by atoms with Crippen LogP contribution in [-0.2, 0) is 6.54 Å². The van der Waals surface area contributed by atoms with Crippen molar-refractivity contribution in [2.75, 3.05) is 7.11 Å². The van der Waals surface area contributed by atoms with E-state index >= 15 is 0 Å². The van der Waals surface area contributed by atoms with Gasteiger partial charge >= 0.3 is 0 Å². The highest BCUT2D eigenvalue weighted by atomic mass is 35.5. The highest BCUT2D eigenvalue weighted by Gasteiger charge is 2.14. The van der Waals surface area contributed by atoms with Crippen molar-refractivity contribution < 1.29 is 4.74 Å². The Morgan fingerprint density at radius 3 is 2.68 bits per heavy atom. The van der Waals surface area contributed by atoms with E-state index in [2.05, 4.69) is 49.5 Å². The highest BCUT2D eigenvalue weighted by Crippen LogP contribution is 2.33. The second-order valence-corrected chi connectivity index (χ2v) is 6.96. The fourth-order valence-electron chi connectivity index (χ4n) is 3.69. The average molecular weight is 390 g/mol. The van der Waals surface area contributed by atoms with Crippen molar-refractivity contribution in [3.8, 4) is 17.1 Å². The number of nitrogens with zero attached hydrogens (tertiary/aromatic N) is 4. The first-order chi connectivity index (χ1) is 13.7. The van der Waals surface area contributed by atoms with Crippen LogP contribution in [0.1, 0.15) is 5.56 Å². The van der Waals surface area contributed by atoms with E-state index in [0.717, 1.165) is 33.3 Å². The maximum absolute atomic E-state index is 6.24. The summed E-state index contributed by atoms with van der Waals surface area (Å²) < 4.78 is 7.82. The van der Waals surface area contributed by atoms with Gasteiger partial charge in [-0.25, -0.2) is 0 Å². The Kier molecular flexibility index (Phi) is 3.98. The number of hydrogen-bond donors (Lipinski definition) is 1. The van der Waals surface area contributed by atoms with Crippen molar-refractivity contribution in [2.24, 2.45) is 0 Å². The molecule has 28 heavy (non-hydrogen) atoms. The second-order valence-electron chi connectivity index (χ2n) is 6.53. The van der Waals surface area contributed by atoms with E-state index in [1.165, 1.54) is 5.39 Å². The van der Waals surface area contributed by atoms with E-state index in [9.17, 15) is 0 Å². The standard InChI is InChI=1S/C21H16ClN5O/c1-28-20-9-7-15(22)10-14(20)12-27-18-5-3-2-4-16(18)17-11-13(6-8-19(17)27)21-23-25-26-24-21/h2-11H,12H2,1H3,(H,23,24,25,26). The van der Waals surface area contributed by atoms with Crippen LogP contribution in [0.25, 0.3) is 33.2 Å². The number of benzene rings is 3. The van der Waals surface area contributed by atoms with Crippen molar-refractivity contribution >= 4 is 33.4 Å². The lowest BCUT2D eigenvalue weighted by atomic mass is 10.1. The number of rotatable bonds is 4. The first-order valence-electron chi connectivity index (χ1n) is 8.82. The largest absolute Gasteiger partial charge is 0.496 e. The van der Waals surface area contributed by atoms with Gasteiger partial charge in [-0.1, -0.05) is 29.8 Å². The molecule has 0 spiro atoms. The van der Waals surface area contributed by atoms with Crippen LogP contribution >= 0.6 is 11.6 Å². The molecule has 2 aromatic heterocycles. The average Bonchev–Trinajstić information content (AvgIpc) is 3.36. The zero-order chi connectivity index (χ0) is 19.1. The van der Waals surface area contributed by atoms with Gasteiger partial charge in [0.05, 0.1) is 13.7 Å². The molecule has 0 aliphatic heterocycles. The summed E-state index contributed by atoms with van der Waals surface area (Å²) in [6.45, 7) is 0.648. The molecule has 0 aliphatic carbocycles. The molecule has 0 aliphatic rings. The number of ether oxygens (including phenoxy) is 1. The molecule has 3 aromatic carbocycles. The summed E-state index contributed by atoms with van der Waals surface area (Å²) >= 11 is 6.24. The number of H-pyrrole nitrogens is 1. The molecule has 0 saturated heterocycles. The zero-order valence-corrected chi connectivity index (χ0v) is 15.8. The van der Waals surface area contributed by atoms with E-state index in [4.69, 9.17) is 16.3 Å². The summed E-state index contributed by atoms with van der Waals surface area (Å²) in [6.07, 6.45) is 0. The minimum atomic E-state index is 0.579. The topological polar surface area (TPSA) is 68.6 Å². The lowest BCUT2D eigenvalue weighted by Crippen LogP contribution is -2.01. The van der Waals surface area contributed by atoms with E-state index in [1.807, 2.05) is 36.4 Å². The molecule has 5 aromatic rings. The van der Waals surface area contributed by atoms with Crippen molar-refractivity contribution in [3.63, 3.8) is 0 Å². The van der Waals surface area contributed by atoms with E-state index < -0.39 is 0 Å². The predicted molar refractivity (Wildman–Crippen MR) is 110 cm³/mol. The number of tetrazole rings is 1. The first kappa shape index (κ1) is 16.8. The Morgan fingerprint density at radius 1 is 1.00 bits per heavy atom. The maximum Gasteiger partial charge on any atom is 0.204 e. The Bertz CT molecular complexity index is 1290. The number of hydrogen-bond acceptors (Lipinski definition) is 4. The summed E-state index contributed by atoms with van der Waals surface area (Å²) in [5.74, 6) is 1.40. The van der Waals surface area contributed by atoms with Gasteiger partial charge in [0.2, 0.25) is 5.82 Å².